The highest BCUT2D eigenvalue weighted by atomic mass is 16.1. The highest BCUT2D eigenvalue weighted by Crippen LogP contribution is 2.23. The van der Waals surface area contributed by atoms with E-state index >= 15 is 0 Å². The molecule has 1 fully saturated rings. The van der Waals surface area contributed by atoms with Gasteiger partial charge >= 0.3 is 0 Å². The molecule has 2 N–H and O–H groups in total. The molecule has 27 heavy (non-hydrogen) atoms. The number of benzene rings is 2. The van der Waals surface area contributed by atoms with E-state index < -0.39 is 0 Å². The van der Waals surface area contributed by atoms with Crippen molar-refractivity contribution in [3.63, 3.8) is 0 Å². The van der Waals surface area contributed by atoms with E-state index in [0.29, 0.717) is 18.5 Å². The molecule has 0 aromatic heterocycles. The highest BCUT2D eigenvalue weighted by molar-refractivity contribution is 5.91. The molecule has 2 aromatic carbocycles. The van der Waals surface area contributed by atoms with Gasteiger partial charge in [-0.3, -0.25) is 4.79 Å². The summed E-state index contributed by atoms with van der Waals surface area (Å²) in [6.45, 7) is 4.86. The molecule has 0 saturated carbocycles. The predicted molar refractivity (Wildman–Crippen MR) is 109 cm³/mol. The quantitative estimate of drug-likeness (QED) is 0.789. The van der Waals surface area contributed by atoms with Crippen molar-refractivity contribution in [3.05, 3.63) is 59.7 Å². The number of carbonyl (C=O) groups excluding carboxylic acids is 1. The molecule has 1 aliphatic rings. The van der Waals surface area contributed by atoms with E-state index in [9.17, 15) is 4.79 Å². The molecular weight excluding hydrogens is 336 g/mol. The highest BCUT2D eigenvalue weighted by Gasteiger charge is 2.13. The number of nitrogens with zero attached hydrogens (tertiary/aromatic N) is 2. The van der Waals surface area contributed by atoms with E-state index in [0.717, 1.165) is 24.3 Å². The molecule has 1 heterocycles. The van der Waals surface area contributed by atoms with Gasteiger partial charge in [-0.05, 0) is 55.7 Å². The lowest BCUT2D eigenvalue weighted by atomic mass is 10.1. The number of amides is 1. The molecule has 2 aromatic rings. The topological polar surface area (TPSA) is 68.2 Å². The Hall–Kier alpha value is -2.84. The van der Waals surface area contributed by atoms with E-state index in [-0.39, 0.29) is 11.9 Å². The first-order valence-corrected chi connectivity index (χ1v) is 9.51. The van der Waals surface area contributed by atoms with E-state index in [1.54, 1.807) is 0 Å². The van der Waals surface area contributed by atoms with Crippen molar-refractivity contribution < 1.29 is 4.79 Å². The lowest BCUT2D eigenvalue weighted by Crippen LogP contribution is -2.30. The van der Waals surface area contributed by atoms with Crippen LogP contribution in [0.3, 0.4) is 0 Å². The van der Waals surface area contributed by atoms with Crippen molar-refractivity contribution in [3.8, 4) is 6.07 Å². The number of hydrogen-bond donors (Lipinski definition) is 2. The van der Waals surface area contributed by atoms with Gasteiger partial charge in [-0.15, -0.1) is 0 Å². The average molecular weight is 362 g/mol. The van der Waals surface area contributed by atoms with Gasteiger partial charge < -0.3 is 15.5 Å². The monoisotopic (exact) mass is 362 g/mol. The summed E-state index contributed by atoms with van der Waals surface area (Å²) in [6, 6.07) is 17.7. The summed E-state index contributed by atoms with van der Waals surface area (Å²) in [5.41, 5.74) is 3.78. The Bertz CT molecular complexity index is 804. The number of rotatable bonds is 7. The molecule has 140 valence electrons. The molecule has 0 aliphatic carbocycles. The van der Waals surface area contributed by atoms with Gasteiger partial charge in [0.05, 0.1) is 11.6 Å². The fourth-order valence-corrected chi connectivity index (χ4v) is 3.31. The van der Waals surface area contributed by atoms with Crippen LogP contribution in [0.4, 0.5) is 11.4 Å². The maximum Gasteiger partial charge on any atom is 0.225 e. The van der Waals surface area contributed by atoms with E-state index in [2.05, 4.69) is 33.7 Å². The lowest BCUT2D eigenvalue weighted by Gasteiger charge is -2.19. The molecule has 1 saturated heterocycles. The van der Waals surface area contributed by atoms with Crippen molar-refractivity contribution in [2.45, 2.75) is 38.8 Å². The molecule has 1 aliphatic heterocycles. The zero-order valence-electron chi connectivity index (χ0n) is 15.7. The number of carbonyl (C=O) groups is 1. The molecule has 0 radical (unpaired) electrons. The first-order valence-electron chi connectivity index (χ1n) is 9.51. The van der Waals surface area contributed by atoms with Crippen LogP contribution < -0.4 is 15.5 Å². The van der Waals surface area contributed by atoms with Crippen molar-refractivity contribution in [1.29, 1.82) is 5.26 Å². The maximum atomic E-state index is 12.3. The fourth-order valence-electron chi connectivity index (χ4n) is 3.31. The van der Waals surface area contributed by atoms with Gasteiger partial charge in [0.2, 0.25) is 5.91 Å². The van der Waals surface area contributed by atoms with Crippen LogP contribution in [-0.2, 0) is 11.3 Å². The zero-order chi connectivity index (χ0) is 19.1. The van der Waals surface area contributed by atoms with Crippen molar-refractivity contribution in [2.24, 2.45) is 0 Å². The van der Waals surface area contributed by atoms with Gasteiger partial charge in [0.1, 0.15) is 0 Å². The SMILES string of the molecule is CC(CC(=O)Nc1cccc(N2CCCC2)c1)NCc1ccc(C#N)cc1. The molecule has 1 unspecified atom stereocenters. The third-order valence-electron chi connectivity index (χ3n) is 4.83. The molecule has 1 amide bonds. The van der Waals surface area contributed by atoms with Gasteiger partial charge in [-0.2, -0.15) is 5.26 Å². The third kappa shape index (κ3) is 5.57. The normalized spacial score (nSPS) is 14.6. The van der Waals surface area contributed by atoms with Crippen LogP contribution in [-0.4, -0.2) is 25.0 Å². The van der Waals surface area contributed by atoms with Crippen molar-refractivity contribution in [1.82, 2.24) is 5.32 Å². The van der Waals surface area contributed by atoms with E-state index in [1.807, 2.05) is 43.3 Å². The van der Waals surface area contributed by atoms with E-state index in [4.69, 9.17) is 5.26 Å². The van der Waals surface area contributed by atoms with Crippen molar-refractivity contribution >= 4 is 17.3 Å². The molecule has 5 nitrogen and oxygen atoms in total. The second-order valence-electron chi connectivity index (χ2n) is 7.09. The molecule has 5 heteroatoms. The second-order valence-corrected chi connectivity index (χ2v) is 7.09. The van der Waals surface area contributed by atoms with Crippen LogP contribution in [0.15, 0.2) is 48.5 Å². The largest absolute Gasteiger partial charge is 0.371 e. The minimum atomic E-state index is 0.00778. The van der Waals surface area contributed by atoms with Crippen LogP contribution in [0.5, 0.6) is 0 Å². The Balaban J connectivity index is 1.46. The second kappa shape index (κ2) is 9.20. The summed E-state index contributed by atoms with van der Waals surface area (Å²) in [5, 5.41) is 15.2. The Morgan fingerprint density at radius 2 is 1.93 bits per heavy atom. The Morgan fingerprint density at radius 3 is 2.63 bits per heavy atom. The summed E-state index contributed by atoms with van der Waals surface area (Å²) >= 11 is 0. The van der Waals surface area contributed by atoms with Crippen LogP contribution in [0.1, 0.15) is 37.3 Å². The maximum absolute atomic E-state index is 12.3. The van der Waals surface area contributed by atoms with Gasteiger partial charge in [0.15, 0.2) is 0 Å². The fraction of sp³-hybridized carbons (Fsp3) is 0.364. The Morgan fingerprint density at radius 1 is 1.19 bits per heavy atom. The van der Waals surface area contributed by atoms with Crippen molar-refractivity contribution in [2.75, 3.05) is 23.3 Å². The number of anilines is 2. The predicted octanol–water partition coefficient (Wildman–Crippen LogP) is 3.67. The molecule has 1 atom stereocenters. The standard InChI is InChI=1S/C22H26N4O/c1-17(24-16-19-9-7-18(15-23)8-10-19)13-22(27)25-20-5-4-6-21(14-20)26-11-2-3-12-26/h4-10,14,17,24H,2-3,11-13,16H2,1H3,(H,25,27). The lowest BCUT2D eigenvalue weighted by molar-refractivity contribution is -0.116. The number of nitrogens with one attached hydrogen (secondary N) is 2. The van der Waals surface area contributed by atoms with E-state index in [1.165, 1.54) is 18.5 Å². The van der Waals surface area contributed by atoms with Crippen LogP contribution in [0.25, 0.3) is 0 Å². The Labute approximate surface area is 161 Å². The zero-order valence-corrected chi connectivity index (χ0v) is 15.7. The Kier molecular flexibility index (Phi) is 6.45. The van der Waals surface area contributed by atoms with Gasteiger partial charge in [-0.1, -0.05) is 18.2 Å². The molecular formula is C22H26N4O. The summed E-state index contributed by atoms with van der Waals surface area (Å²) in [6.07, 6.45) is 2.88. The summed E-state index contributed by atoms with van der Waals surface area (Å²) in [7, 11) is 0. The van der Waals surface area contributed by atoms with Crippen LogP contribution in [0, 0.1) is 11.3 Å². The third-order valence-corrected chi connectivity index (χ3v) is 4.83. The van der Waals surface area contributed by atoms with Gasteiger partial charge in [0.25, 0.3) is 0 Å². The first kappa shape index (κ1) is 18.9. The van der Waals surface area contributed by atoms with Gasteiger partial charge in [0, 0.05) is 43.5 Å². The summed E-state index contributed by atoms with van der Waals surface area (Å²) in [4.78, 5) is 14.7. The van der Waals surface area contributed by atoms with Crippen LogP contribution >= 0.6 is 0 Å². The smallest absolute Gasteiger partial charge is 0.225 e. The first-order chi connectivity index (χ1) is 13.1. The number of hydrogen-bond acceptors (Lipinski definition) is 4. The summed E-state index contributed by atoms with van der Waals surface area (Å²) < 4.78 is 0. The summed E-state index contributed by atoms with van der Waals surface area (Å²) in [5.74, 6) is 0.00778. The van der Waals surface area contributed by atoms with Crippen LogP contribution in [0.2, 0.25) is 0 Å². The molecule has 0 bridgehead atoms. The minimum Gasteiger partial charge on any atom is -0.371 e. The average Bonchev–Trinajstić information content (AvgIpc) is 3.22. The number of nitriles is 1. The molecule has 0 spiro atoms. The minimum absolute atomic E-state index is 0.00778. The van der Waals surface area contributed by atoms with Gasteiger partial charge in [-0.25, -0.2) is 0 Å². The molecule has 3 rings (SSSR count).